The Balaban J connectivity index is 5.38. The van der Waals surface area contributed by atoms with Gasteiger partial charge in [0, 0.05) is 25.7 Å². The molecule has 0 fully saturated rings. The lowest BCUT2D eigenvalue weighted by Crippen LogP contribution is -2.30. The van der Waals surface area contributed by atoms with Crippen LogP contribution in [0.1, 0.15) is 297 Å². The first kappa shape index (κ1) is 93.5. The number of hydrogen-bond donors (Lipinski definition) is 3. The van der Waals surface area contributed by atoms with E-state index >= 15 is 0 Å². The highest BCUT2D eigenvalue weighted by molar-refractivity contribution is 7.47. The summed E-state index contributed by atoms with van der Waals surface area (Å²) in [6.07, 6.45) is 76.2. The maximum Gasteiger partial charge on any atom is 0.472 e. The standard InChI is InChI=1S/C79H134O17P2/c1-5-9-13-17-21-25-29-33-35-36-38-42-44-48-52-56-60-64-77(82)90-70-75(96-79(84)66-62-58-54-50-46-40-32-28-24-20-16-12-8-4)72-94-98(87,88)92-68-73(80)67-91-97(85,86)93-71-74(95-78(83)65-61-57-53-49-45-39-31-27-23-19-15-11-7-3)69-89-76(81)63-59-55-51-47-43-41-37-34-30-26-22-18-14-10-6-2/h9-10,13-14,16,20-22,25-28,31-35,37-38,42,73-75,80H,5-8,11-12,15,17-19,23-24,29-30,36,39-41,43-72H2,1-4H3,(H,85,86)(H,87,88)/b13-9-,14-10-,20-16-,25-21-,26-22-,31-27-,32-28-,35-33-,37-34-,42-38-. The highest BCUT2D eigenvalue weighted by atomic mass is 31.2. The molecule has 0 rings (SSSR count). The van der Waals surface area contributed by atoms with E-state index in [4.69, 9.17) is 37.0 Å². The number of unbranched alkanes of at least 4 members (excludes halogenated alkanes) is 24. The van der Waals surface area contributed by atoms with Crippen LogP contribution < -0.4 is 0 Å². The van der Waals surface area contributed by atoms with Crippen molar-refractivity contribution in [1.82, 2.24) is 0 Å². The van der Waals surface area contributed by atoms with E-state index in [1.807, 2.05) is 0 Å². The fourth-order valence-electron chi connectivity index (χ4n) is 9.67. The molecule has 0 aliphatic heterocycles. The van der Waals surface area contributed by atoms with Gasteiger partial charge >= 0.3 is 39.5 Å². The molecule has 98 heavy (non-hydrogen) atoms. The molecular weight excluding hydrogens is 1280 g/mol. The number of allylic oxidation sites excluding steroid dienone is 20. The van der Waals surface area contributed by atoms with Crippen LogP contribution >= 0.6 is 15.6 Å². The van der Waals surface area contributed by atoms with Gasteiger partial charge in [0.15, 0.2) is 12.2 Å². The van der Waals surface area contributed by atoms with Crippen LogP contribution in [0.5, 0.6) is 0 Å². The number of phosphoric acid groups is 2. The van der Waals surface area contributed by atoms with E-state index in [0.717, 1.165) is 193 Å². The van der Waals surface area contributed by atoms with Gasteiger partial charge in [0.1, 0.15) is 19.3 Å². The molecule has 3 N–H and O–H groups in total. The van der Waals surface area contributed by atoms with Crippen LogP contribution in [0, 0.1) is 0 Å². The molecule has 0 spiro atoms. The van der Waals surface area contributed by atoms with Crippen molar-refractivity contribution in [2.45, 2.75) is 316 Å². The summed E-state index contributed by atoms with van der Waals surface area (Å²) in [5, 5.41) is 10.6. The minimum atomic E-state index is -4.99. The Morgan fingerprint density at radius 3 is 0.867 bits per heavy atom. The van der Waals surface area contributed by atoms with E-state index in [2.05, 4.69) is 149 Å². The van der Waals surface area contributed by atoms with Crippen molar-refractivity contribution in [3.8, 4) is 0 Å². The van der Waals surface area contributed by atoms with Gasteiger partial charge in [-0.2, -0.15) is 0 Å². The fraction of sp³-hybridized carbons (Fsp3) is 0.696. The Labute approximate surface area is 593 Å². The predicted octanol–water partition coefficient (Wildman–Crippen LogP) is 21.6. The molecule has 0 heterocycles. The second kappa shape index (κ2) is 70.9. The smallest absolute Gasteiger partial charge is 0.462 e. The third-order valence-electron chi connectivity index (χ3n) is 15.4. The van der Waals surface area contributed by atoms with Gasteiger partial charge in [-0.3, -0.25) is 37.3 Å². The highest BCUT2D eigenvalue weighted by Gasteiger charge is 2.30. The Bertz CT molecular complexity index is 2340. The second-order valence-corrected chi connectivity index (χ2v) is 27.7. The summed E-state index contributed by atoms with van der Waals surface area (Å²) in [5.41, 5.74) is 0. The number of phosphoric ester groups is 2. The monoisotopic (exact) mass is 1420 g/mol. The summed E-state index contributed by atoms with van der Waals surface area (Å²) in [6.45, 7) is 4.49. The first-order valence-electron chi connectivity index (χ1n) is 37.8. The summed E-state index contributed by atoms with van der Waals surface area (Å²) in [5.74, 6) is -2.24. The lowest BCUT2D eigenvalue weighted by Gasteiger charge is -2.21. The van der Waals surface area contributed by atoms with Crippen LogP contribution in [-0.4, -0.2) is 96.7 Å². The van der Waals surface area contributed by atoms with Crippen LogP contribution in [0.4, 0.5) is 0 Å². The molecule has 0 amide bonds. The van der Waals surface area contributed by atoms with Crippen LogP contribution in [0.3, 0.4) is 0 Å². The lowest BCUT2D eigenvalue weighted by molar-refractivity contribution is -0.161. The normalized spacial score (nSPS) is 14.6. The Hall–Kier alpha value is -4.54. The first-order valence-corrected chi connectivity index (χ1v) is 40.8. The third-order valence-corrected chi connectivity index (χ3v) is 17.3. The molecule has 0 aromatic carbocycles. The van der Waals surface area contributed by atoms with Gasteiger partial charge in [-0.15, -0.1) is 0 Å². The molecule has 0 aromatic heterocycles. The predicted molar refractivity (Wildman–Crippen MR) is 399 cm³/mol. The van der Waals surface area contributed by atoms with Gasteiger partial charge in [-0.05, 0) is 148 Å². The third kappa shape index (κ3) is 69.9. The molecule has 0 saturated heterocycles. The van der Waals surface area contributed by atoms with Crippen LogP contribution in [-0.2, 0) is 65.4 Å². The zero-order valence-electron chi connectivity index (χ0n) is 61.2. The number of carbonyl (C=O) groups is 4. The zero-order valence-corrected chi connectivity index (χ0v) is 63.0. The minimum absolute atomic E-state index is 0.0704. The Kier molecular flexibility index (Phi) is 67.6. The Morgan fingerprint density at radius 2 is 0.551 bits per heavy atom. The van der Waals surface area contributed by atoms with E-state index in [-0.39, 0.29) is 25.7 Å². The molecule has 0 aliphatic rings. The molecule has 19 heteroatoms. The quantitative estimate of drug-likeness (QED) is 0.0169. The zero-order chi connectivity index (χ0) is 71.8. The van der Waals surface area contributed by atoms with Crippen molar-refractivity contribution in [1.29, 1.82) is 0 Å². The van der Waals surface area contributed by atoms with Gasteiger partial charge < -0.3 is 33.8 Å². The maximum absolute atomic E-state index is 13.1. The summed E-state index contributed by atoms with van der Waals surface area (Å²) in [6, 6.07) is 0. The van der Waals surface area contributed by atoms with Crippen molar-refractivity contribution < 1.29 is 80.2 Å². The number of aliphatic hydroxyl groups excluding tert-OH is 1. The number of aliphatic hydroxyl groups is 1. The minimum Gasteiger partial charge on any atom is -0.462 e. The maximum atomic E-state index is 13.1. The molecule has 0 radical (unpaired) electrons. The topological polar surface area (TPSA) is 237 Å². The second-order valence-electron chi connectivity index (χ2n) is 24.8. The number of carbonyl (C=O) groups excluding carboxylic acids is 4. The number of ether oxygens (including phenoxy) is 4. The molecule has 0 saturated carbocycles. The molecule has 17 nitrogen and oxygen atoms in total. The van der Waals surface area contributed by atoms with E-state index in [0.29, 0.717) is 25.7 Å². The molecule has 5 unspecified atom stereocenters. The SMILES string of the molecule is CC/C=C\C/C=C\C/C=C\C/C=C\CCCCCCC(=O)OCC(COP(=O)(O)OCC(O)COP(=O)(O)OCC(COC(=O)CCCCCCC/C=C\C/C=C\C/C=C\CC)OC(=O)CCCCCCC/C=C\CCCCCC)OC(=O)CCCCCCC/C=C\C/C=C\CCC. The van der Waals surface area contributed by atoms with E-state index in [1.165, 1.54) is 25.7 Å². The fourth-order valence-corrected chi connectivity index (χ4v) is 11.2. The largest absolute Gasteiger partial charge is 0.472 e. The molecule has 562 valence electrons. The summed E-state index contributed by atoms with van der Waals surface area (Å²) >= 11 is 0. The summed E-state index contributed by atoms with van der Waals surface area (Å²) in [7, 11) is -9.97. The van der Waals surface area contributed by atoms with Crippen LogP contribution in [0.25, 0.3) is 0 Å². The van der Waals surface area contributed by atoms with Crippen LogP contribution in [0.2, 0.25) is 0 Å². The molecule has 0 aromatic rings. The number of rotatable bonds is 70. The molecule has 5 atom stereocenters. The number of hydrogen-bond acceptors (Lipinski definition) is 15. The van der Waals surface area contributed by atoms with Crippen molar-refractivity contribution in [2.75, 3.05) is 39.6 Å². The summed E-state index contributed by atoms with van der Waals surface area (Å²) < 4.78 is 68.4. The van der Waals surface area contributed by atoms with Crippen LogP contribution in [0.15, 0.2) is 122 Å². The average molecular weight is 1420 g/mol. The van der Waals surface area contributed by atoms with Gasteiger partial charge in [0.25, 0.3) is 0 Å². The van der Waals surface area contributed by atoms with Crippen molar-refractivity contribution >= 4 is 39.5 Å². The van der Waals surface area contributed by atoms with Crippen molar-refractivity contribution in [3.05, 3.63) is 122 Å². The Morgan fingerprint density at radius 1 is 0.296 bits per heavy atom. The molecule has 0 aliphatic carbocycles. The highest BCUT2D eigenvalue weighted by Crippen LogP contribution is 2.45. The lowest BCUT2D eigenvalue weighted by atomic mass is 10.1. The van der Waals surface area contributed by atoms with Gasteiger partial charge in [-0.25, -0.2) is 9.13 Å². The van der Waals surface area contributed by atoms with E-state index in [9.17, 15) is 43.2 Å². The molecule has 0 bridgehead atoms. The van der Waals surface area contributed by atoms with Gasteiger partial charge in [0.2, 0.25) is 0 Å². The van der Waals surface area contributed by atoms with Gasteiger partial charge in [-0.1, -0.05) is 246 Å². The summed E-state index contributed by atoms with van der Waals surface area (Å²) in [4.78, 5) is 72.8. The average Bonchev–Trinajstić information content (AvgIpc) is 0.969. The molecular formula is C79H134O17P2. The first-order chi connectivity index (χ1) is 47.7. The van der Waals surface area contributed by atoms with E-state index < -0.39 is 97.5 Å². The van der Waals surface area contributed by atoms with Gasteiger partial charge in [0.05, 0.1) is 26.4 Å². The van der Waals surface area contributed by atoms with E-state index in [1.54, 1.807) is 0 Å². The number of esters is 4. The van der Waals surface area contributed by atoms with Crippen molar-refractivity contribution in [3.63, 3.8) is 0 Å². The van der Waals surface area contributed by atoms with Crippen molar-refractivity contribution in [2.24, 2.45) is 0 Å².